The predicted molar refractivity (Wildman–Crippen MR) is 115 cm³/mol. The largest absolute Gasteiger partial charge is 0.332 e. The van der Waals surface area contributed by atoms with Crippen molar-refractivity contribution in [2.75, 3.05) is 10.6 Å². The van der Waals surface area contributed by atoms with Gasteiger partial charge in [0, 0.05) is 29.1 Å². The van der Waals surface area contributed by atoms with Gasteiger partial charge in [-0.15, -0.1) is 11.3 Å². The van der Waals surface area contributed by atoms with Gasteiger partial charge in [0.2, 0.25) is 0 Å². The molecule has 0 radical (unpaired) electrons. The van der Waals surface area contributed by atoms with Crippen LogP contribution in [-0.4, -0.2) is 21.9 Å². The molecule has 3 aromatic rings. The van der Waals surface area contributed by atoms with E-state index in [4.69, 9.17) is 12.2 Å². The van der Waals surface area contributed by atoms with Crippen LogP contribution in [0.3, 0.4) is 0 Å². The van der Waals surface area contributed by atoms with Gasteiger partial charge in [0.05, 0.1) is 9.80 Å². The molecule has 1 heterocycles. The lowest BCUT2D eigenvalue weighted by atomic mass is 10.2. The molecule has 0 saturated carbocycles. The van der Waals surface area contributed by atoms with Crippen LogP contribution in [0.25, 0.3) is 0 Å². The highest BCUT2D eigenvalue weighted by molar-refractivity contribution is 7.80. The Labute approximate surface area is 174 Å². The van der Waals surface area contributed by atoms with Crippen molar-refractivity contribution in [1.82, 2.24) is 5.32 Å². The number of thiophene rings is 1. The van der Waals surface area contributed by atoms with Crippen LogP contribution in [0.1, 0.15) is 20.0 Å². The van der Waals surface area contributed by atoms with Crippen molar-refractivity contribution in [3.8, 4) is 0 Å². The van der Waals surface area contributed by atoms with Crippen LogP contribution in [0.4, 0.5) is 17.1 Å². The Balaban J connectivity index is 1.56. The summed E-state index contributed by atoms with van der Waals surface area (Å²) in [7, 11) is 0. The summed E-state index contributed by atoms with van der Waals surface area (Å²) in [5, 5.41) is 20.8. The minimum absolute atomic E-state index is 0.0388. The fraction of sp³-hybridized carbons (Fsp3) is 0. The molecule has 2 aromatic carbocycles. The molecule has 0 atom stereocenters. The first-order valence-corrected chi connectivity index (χ1v) is 9.53. The maximum atomic E-state index is 12.2. The minimum Gasteiger partial charge on any atom is -0.332 e. The number of nitrogens with zero attached hydrogens (tertiary/aromatic N) is 1. The number of hydrogen-bond donors (Lipinski definition) is 3. The Kier molecular flexibility index (Phi) is 6.27. The molecule has 3 rings (SSSR count). The van der Waals surface area contributed by atoms with Crippen LogP contribution in [0.15, 0.2) is 66.0 Å². The normalized spacial score (nSPS) is 10.1. The van der Waals surface area contributed by atoms with E-state index >= 15 is 0 Å². The standard InChI is InChI=1S/C19H14N4O4S2/c24-17(12-3-1-4-15(11-12)23(26)27)22-19(28)21-14-8-6-13(7-9-14)20-18(25)16-5-2-10-29-16/h1-11H,(H,20,25)(H2,21,22,24,28). The molecular weight excluding hydrogens is 412 g/mol. The van der Waals surface area contributed by atoms with Gasteiger partial charge >= 0.3 is 0 Å². The third-order valence-corrected chi connectivity index (χ3v) is 4.76. The van der Waals surface area contributed by atoms with E-state index in [-0.39, 0.29) is 22.3 Å². The molecule has 0 fully saturated rings. The number of non-ortho nitro benzene ring substituents is 1. The fourth-order valence-electron chi connectivity index (χ4n) is 2.34. The second kappa shape index (κ2) is 9.04. The molecule has 0 unspecified atom stereocenters. The van der Waals surface area contributed by atoms with E-state index in [2.05, 4.69) is 16.0 Å². The van der Waals surface area contributed by atoms with E-state index in [1.165, 1.54) is 35.6 Å². The monoisotopic (exact) mass is 426 g/mol. The van der Waals surface area contributed by atoms with Crippen molar-refractivity contribution >= 4 is 57.5 Å². The number of nitrogens with one attached hydrogen (secondary N) is 3. The molecule has 0 spiro atoms. The number of hydrogen-bond acceptors (Lipinski definition) is 6. The van der Waals surface area contributed by atoms with Gasteiger partial charge < -0.3 is 10.6 Å². The first kappa shape index (κ1) is 20.1. The maximum absolute atomic E-state index is 12.2. The molecule has 0 bridgehead atoms. The van der Waals surface area contributed by atoms with Crippen molar-refractivity contribution in [1.29, 1.82) is 0 Å². The van der Waals surface area contributed by atoms with Crippen LogP contribution in [-0.2, 0) is 0 Å². The topological polar surface area (TPSA) is 113 Å². The highest BCUT2D eigenvalue weighted by atomic mass is 32.1. The summed E-state index contributed by atoms with van der Waals surface area (Å²) in [4.78, 5) is 35.1. The Morgan fingerprint density at radius 2 is 1.62 bits per heavy atom. The van der Waals surface area contributed by atoms with E-state index in [1.807, 2.05) is 5.38 Å². The Morgan fingerprint density at radius 1 is 0.931 bits per heavy atom. The number of benzene rings is 2. The van der Waals surface area contributed by atoms with Crippen LogP contribution in [0.2, 0.25) is 0 Å². The number of nitro benzene ring substituents is 1. The number of rotatable bonds is 5. The number of carbonyl (C=O) groups excluding carboxylic acids is 2. The molecule has 0 aliphatic rings. The lowest BCUT2D eigenvalue weighted by molar-refractivity contribution is -0.384. The van der Waals surface area contributed by atoms with Crippen molar-refractivity contribution < 1.29 is 14.5 Å². The highest BCUT2D eigenvalue weighted by Gasteiger charge is 2.13. The van der Waals surface area contributed by atoms with E-state index in [9.17, 15) is 19.7 Å². The van der Waals surface area contributed by atoms with Crippen molar-refractivity contribution in [3.63, 3.8) is 0 Å². The van der Waals surface area contributed by atoms with Gasteiger partial charge in [0.1, 0.15) is 0 Å². The maximum Gasteiger partial charge on any atom is 0.270 e. The number of thiocarbonyl (C=S) groups is 1. The Hall–Kier alpha value is -3.63. The zero-order valence-electron chi connectivity index (χ0n) is 14.7. The fourth-order valence-corrected chi connectivity index (χ4v) is 3.17. The van der Waals surface area contributed by atoms with Gasteiger partial charge in [-0.25, -0.2) is 0 Å². The smallest absolute Gasteiger partial charge is 0.270 e. The molecule has 146 valence electrons. The van der Waals surface area contributed by atoms with Gasteiger partial charge in [0.15, 0.2) is 5.11 Å². The van der Waals surface area contributed by atoms with Crippen molar-refractivity contribution in [3.05, 3.63) is 86.6 Å². The van der Waals surface area contributed by atoms with Crippen LogP contribution < -0.4 is 16.0 Å². The molecule has 10 heteroatoms. The summed E-state index contributed by atoms with van der Waals surface area (Å²) >= 11 is 6.46. The van der Waals surface area contributed by atoms with Gasteiger partial charge in [-0.2, -0.15) is 0 Å². The summed E-state index contributed by atoms with van der Waals surface area (Å²) in [5.74, 6) is -0.758. The Bertz CT molecular complexity index is 1070. The van der Waals surface area contributed by atoms with E-state index in [0.717, 1.165) is 0 Å². The van der Waals surface area contributed by atoms with E-state index in [1.54, 1.807) is 36.4 Å². The summed E-state index contributed by atoms with van der Waals surface area (Å²) in [6.07, 6.45) is 0. The molecule has 29 heavy (non-hydrogen) atoms. The van der Waals surface area contributed by atoms with Gasteiger partial charge in [-0.1, -0.05) is 12.1 Å². The average molecular weight is 426 g/mol. The molecule has 8 nitrogen and oxygen atoms in total. The highest BCUT2D eigenvalue weighted by Crippen LogP contribution is 2.17. The van der Waals surface area contributed by atoms with Crippen LogP contribution in [0, 0.1) is 10.1 Å². The summed E-state index contributed by atoms with van der Waals surface area (Å²) in [5.41, 5.74) is 1.15. The molecule has 0 aliphatic carbocycles. The average Bonchev–Trinajstić information content (AvgIpc) is 3.24. The second-order valence-electron chi connectivity index (χ2n) is 5.72. The second-order valence-corrected chi connectivity index (χ2v) is 7.08. The van der Waals surface area contributed by atoms with Gasteiger partial charge in [-0.05, 0) is 54.0 Å². The molecular formula is C19H14N4O4S2. The summed E-state index contributed by atoms with van der Waals surface area (Å²) in [6.45, 7) is 0. The van der Waals surface area contributed by atoms with Crippen molar-refractivity contribution in [2.45, 2.75) is 0 Å². The van der Waals surface area contributed by atoms with Crippen LogP contribution in [0.5, 0.6) is 0 Å². The number of amides is 2. The third kappa shape index (κ3) is 5.43. The lowest BCUT2D eigenvalue weighted by Crippen LogP contribution is -2.34. The van der Waals surface area contributed by atoms with Gasteiger partial charge in [-0.3, -0.25) is 25.0 Å². The van der Waals surface area contributed by atoms with E-state index in [0.29, 0.717) is 16.3 Å². The lowest BCUT2D eigenvalue weighted by Gasteiger charge is -2.10. The molecule has 0 saturated heterocycles. The first-order chi connectivity index (χ1) is 13.9. The SMILES string of the molecule is O=C(NC(=S)Nc1ccc(NC(=O)c2cccs2)cc1)c1cccc([N+](=O)[O-])c1. The Morgan fingerprint density at radius 3 is 2.24 bits per heavy atom. The number of carbonyl (C=O) groups is 2. The third-order valence-electron chi connectivity index (χ3n) is 3.69. The number of nitro groups is 1. The molecule has 0 aliphatic heterocycles. The zero-order valence-corrected chi connectivity index (χ0v) is 16.4. The quantitative estimate of drug-likeness (QED) is 0.322. The summed E-state index contributed by atoms with van der Waals surface area (Å²) < 4.78 is 0. The zero-order chi connectivity index (χ0) is 20.8. The van der Waals surface area contributed by atoms with E-state index < -0.39 is 10.8 Å². The molecule has 1 aromatic heterocycles. The molecule has 3 N–H and O–H groups in total. The number of anilines is 2. The van der Waals surface area contributed by atoms with Gasteiger partial charge in [0.25, 0.3) is 17.5 Å². The first-order valence-electron chi connectivity index (χ1n) is 8.24. The summed E-state index contributed by atoms with van der Waals surface area (Å²) in [6, 6.07) is 15.6. The van der Waals surface area contributed by atoms with Crippen molar-refractivity contribution in [2.24, 2.45) is 0 Å². The minimum atomic E-state index is -0.577. The predicted octanol–water partition coefficient (Wildman–Crippen LogP) is 4.04. The van der Waals surface area contributed by atoms with Crippen LogP contribution >= 0.6 is 23.6 Å². The molecule has 2 amide bonds.